The minimum absolute atomic E-state index is 0.0204. The summed E-state index contributed by atoms with van der Waals surface area (Å²) >= 11 is 2.02. The summed E-state index contributed by atoms with van der Waals surface area (Å²) in [4.78, 5) is 14.8. The van der Waals surface area contributed by atoms with Crippen molar-refractivity contribution in [3.8, 4) is 0 Å². The average Bonchev–Trinajstić information content (AvgIpc) is 2.68. The highest BCUT2D eigenvalue weighted by molar-refractivity contribution is 7.99. The maximum atomic E-state index is 12.6. The predicted molar refractivity (Wildman–Crippen MR) is 77.6 cm³/mol. The third-order valence-corrected chi connectivity index (χ3v) is 5.10. The number of nitrogens with one attached hydrogen (secondary N) is 1. The first-order valence-electron chi connectivity index (χ1n) is 7.18. The van der Waals surface area contributed by atoms with Gasteiger partial charge in [-0.15, -0.1) is 0 Å². The smallest absolute Gasteiger partial charge is 0.241 e. The molecule has 2 saturated heterocycles. The van der Waals surface area contributed by atoms with Gasteiger partial charge in [-0.2, -0.15) is 11.8 Å². The molecule has 0 radical (unpaired) electrons. The van der Waals surface area contributed by atoms with Crippen LogP contribution in [0.2, 0.25) is 0 Å². The van der Waals surface area contributed by atoms with Crippen LogP contribution in [0.15, 0.2) is 0 Å². The Morgan fingerprint density at radius 2 is 1.78 bits per heavy atom. The van der Waals surface area contributed by atoms with E-state index in [1.165, 1.54) is 11.5 Å². The Morgan fingerprint density at radius 1 is 1.17 bits per heavy atom. The van der Waals surface area contributed by atoms with Crippen LogP contribution < -0.4 is 5.32 Å². The molecule has 2 unspecified atom stereocenters. The summed E-state index contributed by atoms with van der Waals surface area (Å²) in [6.45, 7) is 8.68. The second-order valence-electron chi connectivity index (χ2n) is 6.17. The normalized spacial score (nSPS) is 30.8. The Morgan fingerprint density at radius 3 is 2.28 bits per heavy atom. The molecule has 0 bridgehead atoms. The number of carbonyl (C=O) groups excluding carboxylic acids is 1. The van der Waals surface area contributed by atoms with Crippen molar-refractivity contribution in [2.24, 2.45) is 11.8 Å². The van der Waals surface area contributed by atoms with Crippen molar-refractivity contribution >= 4 is 17.7 Å². The van der Waals surface area contributed by atoms with E-state index in [1.807, 2.05) is 11.8 Å². The quantitative estimate of drug-likeness (QED) is 0.854. The number of rotatable bonds is 3. The van der Waals surface area contributed by atoms with Crippen LogP contribution in [0, 0.1) is 11.8 Å². The molecule has 2 aliphatic heterocycles. The molecule has 0 aliphatic carbocycles. The molecule has 1 N–H and O–H groups in total. The molecule has 0 saturated carbocycles. The number of hydrogen-bond donors (Lipinski definition) is 1. The molecule has 2 atom stereocenters. The highest BCUT2D eigenvalue weighted by Gasteiger charge is 2.44. The molecular weight excluding hydrogens is 244 g/mol. The summed E-state index contributed by atoms with van der Waals surface area (Å²) in [5.41, 5.74) is 0. The fourth-order valence-electron chi connectivity index (χ4n) is 2.99. The van der Waals surface area contributed by atoms with Gasteiger partial charge in [0.15, 0.2) is 0 Å². The molecule has 0 aromatic heterocycles. The first-order valence-corrected chi connectivity index (χ1v) is 8.33. The number of thioether (sulfide) groups is 1. The van der Waals surface area contributed by atoms with Crippen LogP contribution in [0.5, 0.6) is 0 Å². The van der Waals surface area contributed by atoms with Crippen molar-refractivity contribution in [1.82, 2.24) is 10.2 Å². The lowest BCUT2D eigenvalue weighted by Crippen LogP contribution is -2.48. The summed E-state index contributed by atoms with van der Waals surface area (Å²) in [5.74, 6) is 3.59. The van der Waals surface area contributed by atoms with Gasteiger partial charge >= 0.3 is 0 Å². The zero-order valence-corrected chi connectivity index (χ0v) is 12.8. The third-order valence-electron chi connectivity index (χ3n) is 4.05. The van der Waals surface area contributed by atoms with Gasteiger partial charge in [0.2, 0.25) is 5.91 Å². The molecule has 2 fully saturated rings. The fraction of sp³-hybridized carbons (Fsp3) is 0.929. The van der Waals surface area contributed by atoms with Gasteiger partial charge in [-0.1, -0.05) is 27.7 Å². The Balaban J connectivity index is 2.15. The molecule has 2 heterocycles. The second kappa shape index (κ2) is 5.83. The summed E-state index contributed by atoms with van der Waals surface area (Å²) in [7, 11) is 0. The van der Waals surface area contributed by atoms with Gasteiger partial charge in [-0.3, -0.25) is 10.1 Å². The minimum Gasteiger partial charge on any atom is -0.322 e. The van der Waals surface area contributed by atoms with Crippen LogP contribution in [0.4, 0.5) is 0 Å². The van der Waals surface area contributed by atoms with E-state index in [1.54, 1.807) is 0 Å². The van der Waals surface area contributed by atoms with Crippen LogP contribution in [0.25, 0.3) is 0 Å². The van der Waals surface area contributed by atoms with Gasteiger partial charge in [-0.25, -0.2) is 0 Å². The Labute approximate surface area is 115 Å². The Hall–Kier alpha value is -0.220. The third kappa shape index (κ3) is 2.69. The van der Waals surface area contributed by atoms with E-state index >= 15 is 0 Å². The molecule has 104 valence electrons. The average molecular weight is 270 g/mol. The molecule has 2 aliphatic rings. The van der Waals surface area contributed by atoms with E-state index in [2.05, 4.69) is 37.9 Å². The minimum atomic E-state index is 0.0204. The summed E-state index contributed by atoms with van der Waals surface area (Å²) in [6, 6.07) is 0.481. The van der Waals surface area contributed by atoms with Gasteiger partial charge in [0.25, 0.3) is 0 Å². The highest BCUT2D eigenvalue weighted by Crippen LogP contribution is 2.30. The van der Waals surface area contributed by atoms with Crippen LogP contribution >= 0.6 is 11.8 Å². The first-order chi connectivity index (χ1) is 8.52. The monoisotopic (exact) mass is 270 g/mol. The van der Waals surface area contributed by atoms with E-state index in [-0.39, 0.29) is 12.2 Å². The first kappa shape index (κ1) is 14.2. The lowest BCUT2D eigenvalue weighted by molar-refractivity contribution is -0.133. The molecule has 4 heteroatoms. The lowest BCUT2D eigenvalue weighted by Gasteiger charge is -2.36. The molecule has 0 spiro atoms. The van der Waals surface area contributed by atoms with Gasteiger partial charge in [0, 0.05) is 6.04 Å². The number of carbonyl (C=O) groups is 1. The van der Waals surface area contributed by atoms with Gasteiger partial charge in [0.1, 0.15) is 0 Å². The number of nitrogens with zero attached hydrogens (tertiary/aromatic N) is 1. The number of hydrogen-bond acceptors (Lipinski definition) is 3. The maximum Gasteiger partial charge on any atom is 0.241 e. The van der Waals surface area contributed by atoms with E-state index in [9.17, 15) is 4.79 Å². The van der Waals surface area contributed by atoms with Gasteiger partial charge < -0.3 is 4.90 Å². The SMILES string of the molecule is CC(C)C1NC(C(C)C)N(C2CCSCC2)C1=O. The van der Waals surface area contributed by atoms with Crippen molar-refractivity contribution in [1.29, 1.82) is 0 Å². The second-order valence-corrected chi connectivity index (χ2v) is 7.39. The van der Waals surface area contributed by atoms with E-state index < -0.39 is 0 Å². The maximum absolute atomic E-state index is 12.6. The van der Waals surface area contributed by atoms with E-state index in [0.717, 1.165) is 12.8 Å². The molecule has 0 aromatic rings. The summed E-state index contributed by atoms with van der Waals surface area (Å²) < 4.78 is 0. The van der Waals surface area contributed by atoms with Crippen LogP contribution in [-0.4, -0.2) is 40.6 Å². The topological polar surface area (TPSA) is 32.3 Å². The van der Waals surface area contributed by atoms with Crippen LogP contribution in [0.1, 0.15) is 40.5 Å². The zero-order valence-electron chi connectivity index (χ0n) is 12.0. The van der Waals surface area contributed by atoms with Crippen molar-refractivity contribution in [3.05, 3.63) is 0 Å². The lowest BCUT2D eigenvalue weighted by atomic mass is 10.0. The van der Waals surface area contributed by atoms with Crippen molar-refractivity contribution in [2.45, 2.75) is 58.8 Å². The van der Waals surface area contributed by atoms with Crippen molar-refractivity contribution in [2.75, 3.05) is 11.5 Å². The van der Waals surface area contributed by atoms with Gasteiger partial charge in [-0.05, 0) is 36.2 Å². The molecule has 1 amide bonds. The zero-order chi connectivity index (χ0) is 13.3. The molecule has 2 rings (SSSR count). The molecular formula is C14H26N2OS. The summed E-state index contributed by atoms with van der Waals surface area (Å²) in [6.07, 6.45) is 2.55. The molecule has 0 aromatic carbocycles. The van der Waals surface area contributed by atoms with Crippen molar-refractivity contribution in [3.63, 3.8) is 0 Å². The largest absolute Gasteiger partial charge is 0.322 e. The highest BCUT2D eigenvalue weighted by atomic mass is 32.2. The standard InChI is InChI=1S/C14H26N2OS/c1-9(2)12-14(17)16(13(15-12)10(3)4)11-5-7-18-8-6-11/h9-13,15H,5-8H2,1-4H3. The Kier molecular flexibility index (Phi) is 4.59. The molecule has 3 nitrogen and oxygen atoms in total. The predicted octanol–water partition coefficient (Wildman–Crippen LogP) is 2.32. The Bertz CT molecular complexity index is 300. The van der Waals surface area contributed by atoms with E-state index in [4.69, 9.17) is 0 Å². The van der Waals surface area contributed by atoms with Crippen LogP contribution in [0.3, 0.4) is 0 Å². The van der Waals surface area contributed by atoms with Crippen LogP contribution in [-0.2, 0) is 4.79 Å². The number of amides is 1. The van der Waals surface area contributed by atoms with Crippen molar-refractivity contribution < 1.29 is 4.79 Å². The fourth-order valence-corrected chi connectivity index (χ4v) is 4.08. The molecule has 18 heavy (non-hydrogen) atoms. The summed E-state index contributed by atoms with van der Waals surface area (Å²) in [5, 5.41) is 3.56. The van der Waals surface area contributed by atoms with Gasteiger partial charge in [0.05, 0.1) is 12.2 Å². The van der Waals surface area contributed by atoms with E-state index in [0.29, 0.717) is 23.8 Å².